The number of carbonyl (C=O) groups excluding carboxylic acids is 1. The molecule has 1 unspecified atom stereocenters. The molecule has 1 aromatic carbocycles. The maximum atomic E-state index is 12.4. The van der Waals surface area contributed by atoms with Crippen LogP contribution in [-0.2, 0) is 9.53 Å². The SMILES string of the molecule is CCOC(=O)C(C)(CC1CCC1)Nc1ccc(Cl)c(Br)c1. The Bertz CT molecular complexity index is 519. The molecule has 0 bridgehead atoms. The molecule has 0 radical (unpaired) electrons. The van der Waals surface area contributed by atoms with Crippen molar-refractivity contribution in [3.05, 3.63) is 27.7 Å². The largest absolute Gasteiger partial charge is 0.464 e. The smallest absolute Gasteiger partial charge is 0.331 e. The van der Waals surface area contributed by atoms with Gasteiger partial charge in [-0.05, 0) is 60.3 Å². The van der Waals surface area contributed by atoms with Gasteiger partial charge in [-0.15, -0.1) is 0 Å². The lowest BCUT2D eigenvalue weighted by Gasteiger charge is -2.36. The van der Waals surface area contributed by atoms with E-state index in [1.807, 2.05) is 32.0 Å². The molecule has 1 saturated carbocycles. The zero-order chi connectivity index (χ0) is 15.5. The second kappa shape index (κ2) is 7.01. The highest BCUT2D eigenvalue weighted by atomic mass is 79.9. The molecule has 0 aromatic heterocycles. The van der Waals surface area contributed by atoms with Gasteiger partial charge in [-0.3, -0.25) is 0 Å². The van der Waals surface area contributed by atoms with Crippen molar-refractivity contribution in [2.24, 2.45) is 5.92 Å². The lowest BCUT2D eigenvalue weighted by Crippen LogP contribution is -2.47. The molecule has 1 N–H and O–H groups in total. The van der Waals surface area contributed by atoms with Crippen LogP contribution in [0.15, 0.2) is 22.7 Å². The molecule has 1 aliphatic carbocycles. The Balaban J connectivity index is 2.17. The molecule has 0 heterocycles. The van der Waals surface area contributed by atoms with Crippen LogP contribution < -0.4 is 5.32 Å². The first-order valence-corrected chi connectivity index (χ1v) is 8.52. The first-order valence-electron chi connectivity index (χ1n) is 7.35. The van der Waals surface area contributed by atoms with E-state index in [0.29, 0.717) is 17.5 Å². The van der Waals surface area contributed by atoms with Crippen LogP contribution in [0.5, 0.6) is 0 Å². The third kappa shape index (κ3) is 4.13. The number of nitrogens with one attached hydrogen (secondary N) is 1. The van der Waals surface area contributed by atoms with Crippen molar-refractivity contribution >= 4 is 39.2 Å². The second-order valence-corrected chi connectivity index (χ2v) is 7.07. The molecule has 116 valence electrons. The van der Waals surface area contributed by atoms with Crippen molar-refractivity contribution < 1.29 is 9.53 Å². The fourth-order valence-electron chi connectivity index (χ4n) is 2.64. The molecule has 0 spiro atoms. The van der Waals surface area contributed by atoms with Crippen molar-refractivity contribution in [3.63, 3.8) is 0 Å². The summed E-state index contributed by atoms with van der Waals surface area (Å²) >= 11 is 9.42. The quantitative estimate of drug-likeness (QED) is 0.710. The average Bonchev–Trinajstić information content (AvgIpc) is 2.39. The Kier molecular flexibility index (Phi) is 5.55. The Labute approximate surface area is 139 Å². The van der Waals surface area contributed by atoms with Gasteiger partial charge in [0.15, 0.2) is 0 Å². The molecule has 1 atom stereocenters. The van der Waals surface area contributed by atoms with Gasteiger partial charge in [0, 0.05) is 10.2 Å². The second-order valence-electron chi connectivity index (χ2n) is 5.81. The van der Waals surface area contributed by atoms with Crippen LogP contribution in [0.2, 0.25) is 5.02 Å². The van der Waals surface area contributed by atoms with Gasteiger partial charge in [0.05, 0.1) is 11.6 Å². The fraction of sp³-hybridized carbons (Fsp3) is 0.562. The van der Waals surface area contributed by atoms with Crippen LogP contribution in [-0.4, -0.2) is 18.1 Å². The summed E-state index contributed by atoms with van der Waals surface area (Å²) in [4.78, 5) is 12.4. The summed E-state index contributed by atoms with van der Waals surface area (Å²) < 4.78 is 6.07. The molecule has 1 fully saturated rings. The number of hydrogen-bond acceptors (Lipinski definition) is 3. The maximum Gasteiger partial charge on any atom is 0.331 e. The summed E-state index contributed by atoms with van der Waals surface area (Å²) in [6.45, 7) is 4.15. The highest BCUT2D eigenvalue weighted by Crippen LogP contribution is 2.36. The number of rotatable bonds is 6. The first-order chi connectivity index (χ1) is 9.94. The molecule has 2 rings (SSSR count). The molecule has 1 aliphatic rings. The highest BCUT2D eigenvalue weighted by Gasteiger charge is 2.38. The maximum absolute atomic E-state index is 12.4. The molecular formula is C16H21BrClNO2. The van der Waals surface area contributed by atoms with Crippen molar-refractivity contribution in [1.82, 2.24) is 0 Å². The van der Waals surface area contributed by atoms with Crippen LogP contribution in [0.1, 0.15) is 39.5 Å². The number of anilines is 1. The van der Waals surface area contributed by atoms with E-state index < -0.39 is 5.54 Å². The third-order valence-corrected chi connectivity index (χ3v) is 5.20. The monoisotopic (exact) mass is 373 g/mol. The van der Waals surface area contributed by atoms with E-state index in [1.54, 1.807) is 0 Å². The van der Waals surface area contributed by atoms with Gasteiger partial charge in [0.25, 0.3) is 0 Å². The Morgan fingerprint density at radius 3 is 2.76 bits per heavy atom. The van der Waals surface area contributed by atoms with Crippen molar-refractivity contribution in [2.75, 3.05) is 11.9 Å². The van der Waals surface area contributed by atoms with Crippen LogP contribution in [0.25, 0.3) is 0 Å². The average molecular weight is 375 g/mol. The van der Waals surface area contributed by atoms with Crippen LogP contribution in [0.4, 0.5) is 5.69 Å². The molecule has 21 heavy (non-hydrogen) atoms. The standard InChI is InChI=1S/C16H21BrClNO2/c1-3-21-15(20)16(2,10-11-5-4-6-11)19-12-7-8-14(18)13(17)9-12/h7-9,11,19H,3-6,10H2,1-2H3. The minimum atomic E-state index is -0.700. The van der Waals surface area contributed by atoms with E-state index in [-0.39, 0.29) is 5.97 Å². The Morgan fingerprint density at radius 1 is 1.52 bits per heavy atom. The summed E-state index contributed by atoms with van der Waals surface area (Å²) in [7, 11) is 0. The van der Waals surface area contributed by atoms with Crippen LogP contribution in [0, 0.1) is 5.92 Å². The summed E-state index contributed by atoms with van der Waals surface area (Å²) in [5.41, 5.74) is 0.162. The number of halogens is 2. The van der Waals surface area contributed by atoms with Gasteiger partial charge in [-0.1, -0.05) is 30.9 Å². The topological polar surface area (TPSA) is 38.3 Å². The summed E-state index contributed by atoms with van der Waals surface area (Å²) in [5, 5.41) is 3.99. The normalized spacial score (nSPS) is 17.7. The van der Waals surface area contributed by atoms with Crippen LogP contribution >= 0.6 is 27.5 Å². The summed E-state index contributed by atoms with van der Waals surface area (Å²) in [5.74, 6) is 0.408. The molecule has 0 aliphatic heterocycles. The molecule has 0 amide bonds. The molecule has 5 heteroatoms. The Morgan fingerprint density at radius 2 is 2.24 bits per heavy atom. The predicted molar refractivity (Wildman–Crippen MR) is 89.8 cm³/mol. The molecule has 0 saturated heterocycles. The van der Waals surface area contributed by atoms with E-state index in [9.17, 15) is 4.79 Å². The molecular weight excluding hydrogens is 354 g/mol. The van der Waals surface area contributed by atoms with Gasteiger partial charge in [-0.25, -0.2) is 4.79 Å². The van der Waals surface area contributed by atoms with E-state index in [0.717, 1.165) is 16.6 Å². The third-order valence-electron chi connectivity index (χ3n) is 3.99. The van der Waals surface area contributed by atoms with Gasteiger partial charge in [0.1, 0.15) is 5.54 Å². The van der Waals surface area contributed by atoms with Gasteiger partial charge < -0.3 is 10.1 Å². The lowest BCUT2D eigenvalue weighted by molar-refractivity contribution is -0.148. The van der Waals surface area contributed by atoms with Gasteiger partial charge in [-0.2, -0.15) is 0 Å². The van der Waals surface area contributed by atoms with Gasteiger partial charge >= 0.3 is 5.97 Å². The zero-order valence-corrected chi connectivity index (χ0v) is 14.8. The zero-order valence-electron chi connectivity index (χ0n) is 12.4. The van der Waals surface area contributed by atoms with Crippen molar-refractivity contribution in [1.29, 1.82) is 0 Å². The number of carbonyl (C=O) groups is 1. The van der Waals surface area contributed by atoms with E-state index >= 15 is 0 Å². The molecule has 1 aromatic rings. The van der Waals surface area contributed by atoms with E-state index in [1.165, 1.54) is 19.3 Å². The summed E-state index contributed by atoms with van der Waals surface area (Å²) in [6.07, 6.45) is 4.45. The number of hydrogen-bond donors (Lipinski definition) is 1. The number of ether oxygens (including phenoxy) is 1. The number of esters is 1. The first kappa shape index (κ1) is 16.6. The highest BCUT2D eigenvalue weighted by molar-refractivity contribution is 9.10. The van der Waals surface area contributed by atoms with Gasteiger partial charge in [0.2, 0.25) is 0 Å². The number of benzene rings is 1. The lowest BCUT2D eigenvalue weighted by atomic mass is 9.76. The predicted octanol–water partition coefficient (Wildman–Crippen LogP) is 5.03. The van der Waals surface area contributed by atoms with Crippen LogP contribution in [0.3, 0.4) is 0 Å². The minimum Gasteiger partial charge on any atom is -0.464 e. The minimum absolute atomic E-state index is 0.192. The van der Waals surface area contributed by atoms with Crippen molar-refractivity contribution in [2.45, 2.75) is 45.1 Å². The fourth-order valence-corrected chi connectivity index (χ4v) is 3.14. The van der Waals surface area contributed by atoms with Crippen molar-refractivity contribution in [3.8, 4) is 0 Å². The van der Waals surface area contributed by atoms with E-state index in [4.69, 9.17) is 16.3 Å². The Hall–Kier alpha value is -0.740. The summed E-state index contributed by atoms with van der Waals surface area (Å²) in [6, 6.07) is 5.58. The van der Waals surface area contributed by atoms with E-state index in [2.05, 4.69) is 21.2 Å². The molecule has 3 nitrogen and oxygen atoms in total.